The molecule has 15 heavy (non-hydrogen) atoms. The molecule has 0 saturated carbocycles. The predicted octanol–water partition coefficient (Wildman–Crippen LogP) is 2.87. The van der Waals surface area contributed by atoms with Crippen molar-refractivity contribution in [2.24, 2.45) is 5.92 Å². The fraction of sp³-hybridized carbons (Fsp3) is 1.00. The van der Waals surface area contributed by atoms with Crippen LogP contribution in [0.2, 0.25) is 0 Å². The fourth-order valence-electron chi connectivity index (χ4n) is 1.81. The van der Waals surface area contributed by atoms with Crippen molar-refractivity contribution in [3.05, 3.63) is 0 Å². The number of hydrogen-bond acceptors (Lipinski definition) is 1. The minimum Gasteiger partial charge on any atom is -0.313 e. The maximum atomic E-state index is 12.2. The van der Waals surface area contributed by atoms with Gasteiger partial charge in [0.1, 0.15) is 0 Å². The van der Waals surface area contributed by atoms with Crippen LogP contribution in [0.25, 0.3) is 0 Å². The van der Waals surface area contributed by atoms with Gasteiger partial charge in [0, 0.05) is 6.04 Å². The van der Waals surface area contributed by atoms with Gasteiger partial charge in [-0.2, -0.15) is 26.3 Å². The maximum Gasteiger partial charge on any atom is 0.401 e. The van der Waals surface area contributed by atoms with Crippen molar-refractivity contribution in [2.45, 2.75) is 37.7 Å². The summed E-state index contributed by atoms with van der Waals surface area (Å²) in [5.41, 5.74) is 0. The Kier molecular flexibility index (Phi) is 3.52. The summed E-state index contributed by atoms with van der Waals surface area (Å²) in [6.07, 6.45) is -9.51. The molecule has 1 nitrogen and oxygen atoms in total. The molecule has 0 radical (unpaired) electrons. The lowest BCUT2D eigenvalue weighted by Gasteiger charge is -2.33. The average molecular weight is 235 g/mol. The van der Waals surface area contributed by atoms with E-state index in [-0.39, 0.29) is 13.0 Å². The maximum absolute atomic E-state index is 12.2. The zero-order valence-electron chi connectivity index (χ0n) is 7.75. The van der Waals surface area contributed by atoms with E-state index in [1.54, 1.807) is 0 Å². The Morgan fingerprint density at radius 3 is 1.80 bits per heavy atom. The first-order valence-electron chi connectivity index (χ1n) is 4.60. The largest absolute Gasteiger partial charge is 0.401 e. The molecule has 0 aromatic rings. The zero-order chi connectivity index (χ0) is 11.7. The van der Waals surface area contributed by atoms with Gasteiger partial charge in [0.15, 0.2) is 5.92 Å². The van der Waals surface area contributed by atoms with Gasteiger partial charge in [0.25, 0.3) is 0 Å². The van der Waals surface area contributed by atoms with Crippen molar-refractivity contribution in [3.63, 3.8) is 0 Å². The van der Waals surface area contributed by atoms with E-state index in [1.165, 1.54) is 0 Å². The summed E-state index contributed by atoms with van der Waals surface area (Å²) in [6, 6.07) is -1.53. The summed E-state index contributed by atoms with van der Waals surface area (Å²) in [6.45, 7) is 0.216. The van der Waals surface area contributed by atoms with E-state index in [0.717, 1.165) is 0 Å². The molecule has 1 fully saturated rings. The van der Waals surface area contributed by atoms with Crippen LogP contribution in [0.1, 0.15) is 19.3 Å². The van der Waals surface area contributed by atoms with Gasteiger partial charge < -0.3 is 5.32 Å². The molecule has 0 aliphatic carbocycles. The second-order valence-electron chi connectivity index (χ2n) is 3.62. The molecule has 1 N–H and O–H groups in total. The van der Waals surface area contributed by atoms with E-state index in [4.69, 9.17) is 0 Å². The lowest BCUT2D eigenvalue weighted by molar-refractivity contribution is -0.292. The summed E-state index contributed by atoms with van der Waals surface area (Å²) in [5, 5.41) is 2.29. The highest BCUT2D eigenvalue weighted by Gasteiger charge is 2.60. The number of alkyl halides is 6. The summed E-state index contributed by atoms with van der Waals surface area (Å²) in [4.78, 5) is 0. The highest BCUT2D eigenvalue weighted by molar-refractivity contribution is 4.88. The van der Waals surface area contributed by atoms with Crippen LogP contribution in [0.3, 0.4) is 0 Å². The molecule has 1 rings (SSSR count). The van der Waals surface area contributed by atoms with Crippen molar-refractivity contribution in [2.75, 3.05) is 6.54 Å². The zero-order valence-corrected chi connectivity index (χ0v) is 7.75. The standard InChI is InChI=1S/C8H11F6N/c9-7(10,11)6(8(12,13)14)5-3-1-2-4-15-5/h5-6,15H,1-4H2. The number of halogens is 6. The Bertz CT molecular complexity index is 188. The third kappa shape index (κ3) is 3.25. The Hall–Kier alpha value is -0.460. The Morgan fingerprint density at radius 1 is 0.933 bits per heavy atom. The van der Waals surface area contributed by atoms with E-state index in [9.17, 15) is 26.3 Å². The lowest BCUT2D eigenvalue weighted by Crippen LogP contribution is -2.52. The van der Waals surface area contributed by atoms with Crippen LogP contribution in [-0.2, 0) is 0 Å². The Labute approximate surface area is 82.8 Å². The minimum atomic E-state index is -5.23. The first kappa shape index (κ1) is 12.6. The van der Waals surface area contributed by atoms with Crippen LogP contribution in [0.4, 0.5) is 26.3 Å². The SMILES string of the molecule is FC(F)(F)C(C1CCCCN1)C(F)(F)F. The van der Waals surface area contributed by atoms with Crippen LogP contribution in [0.15, 0.2) is 0 Å². The van der Waals surface area contributed by atoms with Gasteiger partial charge >= 0.3 is 12.4 Å². The third-order valence-corrected chi connectivity index (χ3v) is 2.46. The molecule has 0 aromatic heterocycles. The molecular weight excluding hydrogens is 224 g/mol. The molecular formula is C8H11F6N. The molecule has 0 aromatic carbocycles. The van der Waals surface area contributed by atoms with Crippen molar-refractivity contribution < 1.29 is 26.3 Å². The topological polar surface area (TPSA) is 12.0 Å². The van der Waals surface area contributed by atoms with Crippen LogP contribution in [0.5, 0.6) is 0 Å². The van der Waals surface area contributed by atoms with Crippen molar-refractivity contribution in [3.8, 4) is 0 Å². The Morgan fingerprint density at radius 2 is 1.47 bits per heavy atom. The van der Waals surface area contributed by atoms with Gasteiger partial charge in [0.2, 0.25) is 0 Å². The van der Waals surface area contributed by atoms with Crippen LogP contribution in [0, 0.1) is 5.92 Å². The molecule has 0 amide bonds. The van der Waals surface area contributed by atoms with Gasteiger partial charge in [-0.1, -0.05) is 6.42 Å². The number of hydrogen-bond donors (Lipinski definition) is 1. The normalized spacial score (nSPS) is 24.6. The molecule has 1 atom stereocenters. The summed E-state index contributed by atoms with van der Waals surface area (Å²) < 4.78 is 73.4. The smallest absolute Gasteiger partial charge is 0.313 e. The van der Waals surface area contributed by atoms with Crippen molar-refractivity contribution >= 4 is 0 Å². The van der Waals surface area contributed by atoms with Gasteiger partial charge in [-0.05, 0) is 19.4 Å². The monoisotopic (exact) mass is 235 g/mol. The van der Waals surface area contributed by atoms with Gasteiger partial charge in [-0.15, -0.1) is 0 Å². The number of piperidine rings is 1. The molecule has 0 bridgehead atoms. The molecule has 1 aliphatic rings. The van der Waals surface area contributed by atoms with Gasteiger partial charge in [-0.3, -0.25) is 0 Å². The average Bonchev–Trinajstić information content (AvgIpc) is 2.00. The summed E-state index contributed by atoms with van der Waals surface area (Å²) in [5.74, 6) is -3.25. The molecule has 90 valence electrons. The van der Waals surface area contributed by atoms with Crippen molar-refractivity contribution in [1.82, 2.24) is 5.32 Å². The second kappa shape index (κ2) is 4.19. The lowest BCUT2D eigenvalue weighted by atomic mass is 9.91. The first-order chi connectivity index (χ1) is 6.73. The number of nitrogens with one attached hydrogen (secondary N) is 1. The highest BCUT2D eigenvalue weighted by atomic mass is 19.4. The molecule has 1 aliphatic heterocycles. The predicted molar refractivity (Wildman–Crippen MR) is 41.2 cm³/mol. The fourth-order valence-corrected chi connectivity index (χ4v) is 1.81. The number of rotatable bonds is 1. The van der Waals surface area contributed by atoms with Crippen LogP contribution < -0.4 is 5.32 Å². The highest BCUT2D eigenvalue weighted by Crippen LogP contribution is 2.42. The summed E-state index contributed by atoms with van der Waals surface area (Å²) in [7, 11) is 0. The van der Waals surface area contributed by atoms with E-state index in [1.807, 2.05) is 0 Å². The third-order valence-electron chi connectivity index (χ3n) is 2.46. The summed E-state index contributed by atoms with van der Waals surface area (Å²) >= 11 is 0. The Balaban J connectivity index is 2.80. The van der Waals surface area contributed by atoms with E-state index in [2.05, 4.69) is 5.32 Å². The minimum absolute atomic E-state index is 0.0797. The molecule has 1 saturated heterocycles. The molecule has 0 spiro atoms. The van der Waals surface area contributed by atoms with Crippen molar-refractivity contribution in [1.29, 1.82) is 0 Å². The molecule has 7 heteroatoms. The molecule has 1 heterocycles. The first-order valence-corrected chi connectivity index (χ1v) is 4.60. The van der Waals surface area contributed by atoms with Crippen LogP contribution >= 0.6 is 0 Å². The van der Waals surface area contributed by atoms with E-state index < -0.39 is 24.3 Å². The van der Waals surface area contributed by atoms with Crippen LogP contribution in [-0.4, -0.2) is 24.9 Å². The van der Waals surface area contributed by atoms with E-state index in [0.29, 0.717) is 12.8 Å². The van der Waals surface area contributed by atoms with Gasteiger partial charge in [0.05, 0.1) is 0 Å². The quantitative estimate of drug-likeness (QED) is 0.689. The molecule has 1 unspecified atom stereocenters. The van der Waals surface area contributed by atoms with Gasteiger partial charge in [-0.25, -0.2) is 0 Å². The van der Waals surface area contributed by atoms with E-state index >= 15 is 0 Å². The second-order valence-corrected chi connectivity index (χ2v) is 3.62.